The predicted molar refractivity (Wildman–Crippen MR) is 84.9 cm³/mol. The molecule has 0 radical (unpaired) electrons. The molecule has 0 aliphatic carbocycles. The number of ether oxygens (including phenoxy) is 1. The van der Waals surface area contributed by atoms with Crippen LogP contribution in [0.1, 0.15) is 22.6 Å². The van der Waals surface area contributed by atoms with Gasteiger partial charge in [-0.05, 0) is 48.9 Å². The van der Waals surface area contributed by atoms with Crippen molar-refractivity contribution in [1.29, 1.82) is 0 Å². The highest BCUT2D eigenvalue weighted by atomic mass is 35.5. The highest BCUT2D eigenvalue weighted by molar-refractivity contribution is 6.30. The molecule has 0 aliphatic rings. The first-order valence-electron chi connectivity index (χ1n) is 7.04. The second-order valence-electron chi connectivity index (χ2n) is 5.22. The van der Waals surface area contributed by atoms with Gasteiger partial charge < -0.3 is 10.5 Å². The average molecular weight is 344 g/mol. The maximum absolute atomic E-state index is 12.6. The Labute approximate surface area is 138 Å². The van der Waals surface area contributed by atoms with Crippen molar-refractivity contribution in [1.82, 2.24) is 0 Å². The maximum atomic E-state index is 12.6. The van der Waals surface area contributed by atoms with Crippen molar-refractivity contribution in [2.45, 2.75) is 18.5 Å². The summed E-state index contributed by atoms with van der Waals surface area (Å²) in [5, 5.41) is 0.562. The highest BCUT2D eigenvalue weighted by Crippen LogP contribution is 2.33. The van der Waals surface area contributed by atoms with E-state index in [1.807, 2.05) is 0 Å². The van der Waals surface area contributed by atoms with Gasteiger partial charge in [0.2, 0.25) is 0 Å². The largest absolute Gasteiger partial charge is 0.496 e. The van der Waals surface area contributed by atoms with Gasteiger partial charge in [-0.25, -0.2) is 0 Å². The SMILES string of the molecule is COc1ccc(Cl)cc1C(CN)Cc1ccc(C(F)(F)F)cc1. The van der Waals surface area contributed by atoms with Crippen molar-refractivity contribution in [2.24, 2.45) is 5.73 Å². The normalized spacial score (nSPS) is 13.0. The first kappa shape index (κ1) is 17.6. The molecule has 1 unspecified atom stereocenters. The number of benzene rings is 2. The van der Waals surface area contributed by atoms with Gasteiger partial charge in [0.05, 0.1) is 12.7 Å². The van der Waals surface area contributed by atoms with Crippen molar-refractivity contribution in [3.63, 3.8) is 0 Å². The zero-order chi connectivity index (χ0) is 17.0. The number of alkyl halides is 3. The molecule has 2 rings (SSSR count). The number of rotatable bonds is 5. The Bertz CT molecular complexity index is 656. The van der Waals surface area contributed by atoms with Crippen molar-refractivity contribution < 1.29 is 17.9 Å². The summed E-state index contributed by atoms with van der Waals surface area (Å²) >= 11 is 6.03. The van der Waals surface area contributed by atoms with Crippen LogP contribution in [0, 0.1) is 0 Å². The zero-order valence-electron chi connectivity index (χ0n) is 12.5. The minimum atomic E-state index is -4.33. The average Bonchev–Trinajstić information content (AvgIpc) is 2.52. The van der Waals surface area contributed by atoms with Gasteiger partial charge in [0, 0.05) is 16.5 Å². The molecule has 6 heteroatoms. The molecular formula is C17H17ClF3NO. The third-order valence-corrected chi connectivity index (χ3v) is 3.91. The van der Waals surface area contributed by atoms with Gasteiger partial charge in [-0.3, -0.25) is 0 Å². The van der Waals surface area contributed by atoms with Crippen LogP contribution in [-0.4, -0.2) is 13.7 Å². The van der Waals surface area contributed by atoms with E-state index in [1.54, 1.807) is 25.3 Å². The first-order chi connectivity index (χ1) is 10.8. The molecule has 0 aromatic heterocycles. The van der Waals surface area contributed by atoms with Crippen molar-refractivity contribution >= 4 is 11.6 Å². The lowest BCUT2D eigenvalue weighted by Crippen LogP contribution is -2.16. The Balaban J connectivity index is 2.25. The zero-order valence-corrected chi connectivity index (χ0v) is 13.3. The molecular weight excluding hydrogens is 327 g/mol. The van der Waals surface area contributed by atoms with Crippen LogP contribution in [0.5, 0.6) is 5.75 Å². The monoisotopic (exact) mass is 343 g/mol. The predicted octanol–water partition coefficient (Wildman–Crippen LogP) is 4.65. The van der Waals surface area contributed by atoms with Gasteiger partial charge >= 0.3 is 6.18 Å². The van der Waals surface area contributed by atoms with E-state index in [-0.39, 0.29) is 5.92 Å². The van der Waals surface area contributed by atoms with E-state index in [0.29, 0.717) is 23.7 Å². The van der Waals surface area contributed by atoms with Gasteiger partial charge in [0.25, 0.3) is 0 Å². The fraction of sp³-hybridized carbons (Fsp3) is 0.294. The molecule has 0 saturated heterocycles. The molecule has 0 aliphatic heterocycles. The van der Waals surface area contributed by atoms with E-state index in [9.17, 15) is 13.2 Å². The molecule has 0 bridgehead atoms. The van der Waals surface area contributed by atoms with Gasteiger partial charge in [-0.2, -0.15) is 13.2 Å². The van der Waals surface area contributed by atoms with Crippen LogP contribution >= 0.6 is 11.6 Å². The summed E-state index contributed by atoms with van der Waals surface area (Å²) in [4.78, 5) is 0. The second kappa shape index (κ2) is 7.23. The lowest BCUT2D eigenvalue weighted by molar-refractivity contribution is -0.137. The first-order valence-corrected chi connectivity index (χ1v) is 7.42. The quantitative estimate of drug-likeness (QED) is 0.857. The van der Waals surface area contributed by atoms with E-state index in [0.717, 1.165) is 23.3 Å². The van der Waals surface area contributed by atoms with Crippen LogP contribution < -0.4 is 10.5 Å². The fourth-order valence-corrected chi connectivity index (χ4v) is 2.64. The van der Waals surface area contributed by atoms with Gasteiger partial charge in [0.1, 0.15) is 5.75 Å². The smallest absolute Gasteiger partial charge is 0.416 e. The van der Waals surface area contributed by atoms with Crippen molar-refractivity contribution in [2.75, 3.05) is 13.7 Å². The van der Waals surface area contributed by atoms with Gasteiger partial charge in [0.15, 0.2) is 0 Å². The Morgan fingerprint density at radius 2 is 1.78 bits per heavy atom. The lowest BCUT2D eigenvalue weighted by Gasteiger charge is -2.19. The lowest BCUT2D eigenvalue weighted by atomic mass is 9.91. The summed E-state index contributed by atoms with van der Waals surface area (Å²) in [6.45, 7) is 0.331. The Morgan fingerprint density at radius 1 is 1.13 bits per heavy atom. The van der Waals surface area contributed by atoms with Crippen molar-refractivity contribution in [3.8, 4) is 5.75 Å². The molecule has 23 heavy (non-hydrogen) atoms. The summed E-state index contributed by atoms with van der Waals surface area (Å²) in [6, 6.07) is 10.4. The summed E-state index contributed by atoms with van der Waals surface area (Å²) in [5.74, 6) is 0.567. The molecule has 0 heterocycles. The number of hydrogen-bond acceptors (Lipinski definition) is 2. The fourth-order valence-electron chi connectivity index (χ4n) is 2.46. The molecule has 2 N–H and O–H groups in total. The Morgan fingerprint density at radius 3 is 2.30 bits per heavy atom. The molecule has 0 amide bonds. The maximum Gasteiger partial charge on any atom is 0.416 e. The Kier molecular flexibility index (Phi) is 5.55. The van der Waals surface area contributed by atoms with Crippen LogP contribution in [0.15, 0.2) is 42.5 Å². The van der Waals surface area contributed by atoms with Crippen LogP contribution in [0.4, 0.5) is 13.2 Å². The molecule has 1 atom stereocenters. The third kappa shape index (κ3) is 4.39. The molecule has 0 spiro atoms. The number of hydrogen-bond donors (Lipinski definition) is 1. The van der Waals surface area contributed by atoms with Crippen LogP contribution in [0.25, 0.3) is 0 Å². The van der Waals surface area contributed by atoms with E-state index in [4.69, 9.17) is 22.1 Å². The van der Waals surface area contributed by atoms with E-state index < -0.39 is 11.7 Å². The highest BCUT2D eigenvalue weighted by Gasteiger charge is 2.30. The van der Waals surface area contributed by atoms with Gasteiger partial charge in [-0.1, -0.05) is 23.7 Å². The molecule has 2 aromatic rings. The molecule has 0 fully saturated rings. The van der Waals surface area contributed by atoms with Gasteiger partial charge in [-0.15, -0.1) is 0 Å². The molecule has 2 nitrogen and oxygen atoms in total. The summed E-state index contributed by atoms with van der Waals surface area (Å²) < 4.78 is 43.1. The Hall–Kier alpha value is -1.72. The topological polar surface area (TPSA) is 35.2 Å². The van der Waals surface area contributed by atoms with E-state index >= 15 is 0 Å². The van der Waals surface area contributed by atoms with Crippen molar-refractivity contribution in [3.05, 3.63) is 64.2 Å². The van der Waals surface area contributed by atoms with Crippen LogP contribution in [0.3, 0.4) is 0 Å². The van der Waals surface area contributed by atoms with E-state index in [2.05, 4.69) is 0 Å². The van der Waals surface area contributed by atoms with Crippen LogP contribution in [-0.2, 0) is 12.6 Å². The minimum absolute atomic E-state index is 0.0969. The summed E-state index contributed by atoms with van der Waals surface area (Å²) in [6.07, 6.45) is -3.83. The van der Waals surface area contributed by atoms with Crippen LogP contribution in [0.2, 0.25) is 5.02 Å². The number of methoxy groups -OCH3 is 1. The second-order valence-corrected chi connectivity index (χ2v) is 5.65. The summed E-state index contributed by atoms with van der Waals surface area (Å²) in [7, 11) is 1.55. The number of nitrogens with two attached hydrogens (primary N) is 1. The third-order valence-electron chi connectivity index (χ3n) is 3.68. The summed E-state index contributed by atoms with van der Waals surface area (Å²) in [5.41, 5.74) is 6.81. The standard InChI is InChI=1S/C17H17ClF3NO/c1-23-16-7-6-14(18)9-15(16)12(10-22)8-11-2-4-13(5-3-11)17(19,20)21/h2-7,9,12H,8,10,22H2,1H3. The molecule has 2 aromatic carbocycles. The molecule has 124 valence electrons. The van der Waals surface area contributed by atoms with E-state index in [1.165, 1.54) is 12.1 Å². The minimum Gasteiger partial charge on any atom is -0.496 e. The molecule has 0 saturated carbocycles. The number of halogens is 4.